The normalized spacial score (nSPS) is 14.4. The van der Waals surface area contributed by atoms with Crippen molar-refractivity contribution < 1.29 is 5.11 Å². The van der Waals surface area contributed by atoms with Gasteiger partial charge in [0.25, 0.3) is 0 Å². The van der Waals surface area contributed by atoms with Crippen LogP contribution in [-0.4, -0.2) is 33.2 Å². The number of aromatic nitrogens is 3. The summed E-state index contributed by atoms with van der Waals surface area (Å²) in [7, 11) is 0. The van der Waals surface area contributed by atoms with Crippen LogP contribution >= 0.6 is 0 Å². The van der Waals surface area contributed by atoms with Crippen LogP contribution in [-0.2, 0) is 12.8 Å². The van der Waals surface area contributed by atoms with Gasteiger partial charge < -0.3 is 10.4 Å². The molecular formula is C24H28N4O. The van der Waals surface area contributed by atoms with Gasteiger partial charge in [0.15, 0.2) is 5.82 Å². The summed E-state index contributed by atoms with van der Waals surface area (Å²) in [5.74, 6) is 1.73. The average Bonchev–Trinajstić information content (AvgIpc) is 3.24. The first-order valence-corrected chi connectivity index (χ1v) is 10.3. The molecule has 0 saturated carbocycles. The SMILES string of the molecule is CC(C)(CO)C(CNc1nc(-c2ccccn2)nc2c1CCC2)c1ccccc1. The molecular weight excluding hydrogens is 360 g/mol. The summed E-state index contributed by atoms with van der Waals surface area (Å²) in [6.07, 6.45) is 4.86. The molecule has 1 unspecified atom stereocenters. The molecule has 1 aromatic carbocycles. The van der Waals surface area contributed by atoms with Gasteiger partial charge in [-0.1, -0.05) is 50.2 Å². The fraction of sp³-hybridized carbons (Fsp3) is 0.375. The van der Waals surface area contributed by atoms with Crippen molar-refractivity contribution in [2.45, 2.75) is 39.0 Å². The molecule has 2 N–H and O–H groups in total. The number of rotatable bonds is 7. The number of hydrogen-bond acceptors (Lipinski definition) is 5. The van der Waals surface area contributed by atoms with Crippen LogP contribution in [0.15, 0.2) is 54.7 Å². The maximum Gasteiger partial charge on any atom is 0.180 e. The number of aliphatic hydroxyl groups is 1. The van der Waals surface area contributed by atoms with Gasteiger partial charge in [-0.25, -0.2) is 9.97 Å². The summed E-state index contributed by atoms with van der Waals surface area (Å²) in [5.41, 5.74) is 4.10. The lowest BCUT2D eigenvalue weighted by molar-refractivity contribution is 0.134. The summed E-state index contributed by atoms with van der Waals surface area (Å²) in [5, 5.41) is 13.6. The number of pyridine rings is 1. The van der Waals surface area contributed by atoms with Crippen molar-refractivity contribution in [3.63, 3.8) is 0 Å². The van der Waals surface area contributed by atoms with Gasteiger partial charge in [-0.2, -0.15) is 0 Å². The number of nitrogens with zero attached hydrogens (tertiary/aromatic N) is 3. The van der Waals surface area contributed by atoms with Gasteiger partial charge in [-0.3, -0.25) is 4.98 Å². The van der Waals surface area contributed by atoms with Crippen molar-refractivity contribution in [3.8, 4) is 11.5 Å². The number of benzene rings is 1. The first-order valence-electron chi connectivity index (χ1n) is 10.3. The molecule has 3 aromatic rings. The van der Waals surface area contributed by atoms with Crippen LogP contribution in [0, 0.1) is 5.41 Å². The third-order valence-corrected chi connectivity index (χ3v) is 5.85. The lowest BCUT2D eigenvalue weighted by atomic mass is 9.75. The van der Waals surface area contributed by atoms with Crippen molar-refractivity contribution >= 4 is 5.82 Å². The van der Waals surface area contributed by atoms with E-state index in [0.29, 0.717) is 12.4 Å². The molecule has 0 radical (unpaired) electrons. The highest BCUT2D eigenvalue weighted by Crippen LogP contribution is 2.36. The van der Waals surface area contributed by atoms with Gasteiger partial charge in [0.05, 0.1) is 0 Å². The highest BCUT2D eigenvalue weighted by molar-refractivity contribution is 5.57. The van der Waals surface area contributed by atoms with E-state index >= 15 is 0 Å². The molecule has 5 nitrogen and oxygen atoms in total. The third-order valence-electron chi connectivity index (χ3n) is 5.85. The predicted octanol–water partition coefficient (Wildman–Crippen LogP) is 4.24. The summed E-state index contributed by atoms with van der Waals surface area (Å²) >= 11 is 0. The fourth-order valence-electron chi connectivity index (χ4n) is 4.03. The van der Waals surface area contributed by atoms with Crippen molar-refractivity contribution in [2.75, 3.05) is 18.5 Å². The number of anilines is 1. The van der Waals surface area contributed by atoms with E-state index in [-0.39, 0.29) is 17.9 Å². The van der Waals surface area contributed by atoms with Crippen LogP contribution in [0.25, 0.3) is 11.5 Å². The summed E-state index contributed by atoms with van der Waals surface area (Å²) in [6.45, 7) is 5.03. The molecule has 4 rings (SSSR count). The Morgan fingerprint density at radius 1 is 1.03 bits per heavy atom. The second-order valence-electron chi connectivity index (χ2n) is 8.38. The molecule has 0 spiro atoms. The topological polar surface area (TPSA) is 70.9 Å². The number of aryl methyl sites for hydroxylation is 1. The van der Waals surface area contributed by atoms with E-state index in [4.69, 9.17) is 9.97 Å². The van der Waals surface area contributed by atoms with Crippen molar-refractivity contribution in [1.29, 1.82) is 0 Å². The number of nitrogens with one attached hydrogen (secondary N) is 1. The van der Waals surface area contributed by atoms with Crippen molar-refractivity contribution in [3.05, 3.63) is 71.5 Å². The first kappa shape index (κ1) is 19.5. The lowest BCUT2D eigenvalue weighted by Crippen LogP contribution is -2.31. The largest absolute Gasteiger partial charge is 0.396 e. The molecule has 0 aliphatic heterocycles. The quantitative estimate of drug-likeness (QED) is 0.633. The highest BCUT2D eigenvalue weighted by atomic mass is 16.3. The Labute approximate surface area is 172 Å². The second-order valence-corrected chi connectivity index (χ2v) is 8.38. The Balaban J connectivity index is 1.65. The van der Waals surface area contributed by atoms with Crippen LogP contribution in [0.4, 0.5) is 5.82 Å². The van der Waals surface area contributed by atoms with Crippen LogP contribution in [0.2, 0.25) is 0 Å². The van der Waals surface area contributed by atoms with Gasteiger partial charge in [0.2, 0.25) is 0 Å². The molecule has 0 amide bonds. The third kappa shape index (κ3) is 4.15. The molecule has 150 valence electrons. The van der Waals surface area contributed by atoms with Crippen LogP contribution in [0.5, 0.6) is 0 Å². The molecule has 0 saturated heterocycles. The van der Waals surface area contributed by atoms with Crippen molar-refractivity contribution in [1.82, 2.24) is 15.0 Å². The van der Waals surface area contributed by atoms with E-state index in [1.54, 1.807) is 6.20 Å². The first-order chi connectivity index (χ1) is 14.1. The summed E-state index contributed by atoms with van der Waals surface area (Å²) in [4.78, 5) is 14.0. The highest BCUT2D eigenvalue weighted by Gasteiger charge is 2.31. The van der Waals surface area contributed by atoms with Gasteiger partial charge in [-0.15, -0.1) is 0 Å². The standard InChI is InChI=1S/C24H28N4O/c1-24(2,16-29)19(17-9-4-3-5-10-17)15-26-22-18-11-8-13-20(18)27-23(28-22)21-12-6-7-14-25-21/h3-7,9-10,12,14,19,29H,8,11,13,15-16H2,1-2H3,(H,26,27,28). The fourth-order valence-corrected chi connectivity index (χ4v) is 4.03. The number of aliphatic hydroxyl groups excluding tert-OH is 1. The molecule has 29 heavy (non-hydrogen) atoms. The molecule has 0 fully saturated rings. The molecule has 1 aliphatic rings. The second kappa shape index (κ2) is 8.29. The van der Waals surface area contributed by atoms with Crippen molar-refractivity contribution in [2.24, 2.45) is 5.41 Å². The molecule has 2 heterocycles. The molecule has 1 atom stereocenters. The minimum Gasteiger partial charge on any atom is -0.396 e. The molecule has 1 aliphatic carbocycles. The van der Waals surface area contributed by atoms with Gasteiger partial charge in [0, 0.05) is 36.5 Å². The Hall–Kier alpha value is -2.79. The Kier molecular flexibility index (Phi) is 5.58. The minimum absolute atomic E-state index is 0.120. The molecule has 0 bridgehead atoms. The zero-order chi connectivity index (χ0) is 20.3. The molecule has 5 heteroatoms. The van der Waals surface area contributed by atoms with Crippen LogP contribution in [0.3, 0.4) is 0 Å². The number of fused-ring (bicyclic) bond motifs is 1. The van der Waals surface area contributed by atoms with E-state index < -0.39 is 0 Å². The summed E-state index contributed by atoms with van der Waals surface area (Å²) in [6, 6.07) is 16.2. The predicted molar refractivity (Wildman–Crippen MR) is 116 cm³/mol. The van der Waals surface area contributed by atoms with Gasteiger partial charge in [0.1, 0.15) is 11.5 Å². The minimum atomic E-state index is -0.256. The Bertz CT molecular complexity index is 957. The van der Waals surface area contributed by atoms with E-state index in [0.717, 1.165) is 36.5 Å². The summed E-state index contributed by atoms with van der Waals surface area (Å²) < 4.78 is 0. The Morgan fingerprint density at radius 3 is 2.55 bits per heavy atom. The van der Waals surface area contributed by atoms with Gasteiger partial charge in [-0.05, 0) is 42.4 Å². The maximum absolute atomic E-state index is 10.0. The van der Waals surface area contributed by atoms with E-state index in [2.05, 4.69) is 48.4 Å². The zero-order valence-electron chi connectivity index (χ0n) is 17.1. The van der Waals surface area contributed by atoms with E-state index in [1.165, 1.54) is 11.1 Å². The maximum atomic E-state index is 10.0. The monoisotopic (exact) mass is 388 g/mol. The van der Waals surface area contributed by atoms with E-state index in [9.17, 15) is 5.11 Å². The van der Waals surface area contributed by atoms with E-state index in [1.807, 2.05) is 24.3 Å². The van der Waals surface area contributed by atoms with Crippen LogP contribution < -0.4 is 5.32 Å². The number of hydrogen-bond donors (Lipinski definition) is 2. The Morgan fingerprint density at radius 2 is 1.83 bits per heavy atom. The van der Waals surface area contributed by atoms with Gasteiger partial charge >= 0.3 is 0 Å². The average molecular weight is 389 g/mol. The smallest absolute Gasteiger partial charge is 0.180 e. The van der Waals surface area contributed by atoms with Crippen LogP contribution in [0.1, 0.15) is 43.0 Å². The zero-order valence-corrected chi connectivity index (χ0v) is 17.1. The molecule has 2 aromatic heterocycles. The lowest BCUT2D eigenvalue weighted by Gasteiger charge is -2.33.